The highest BCUT2D eigenvalue weighted by molar-refractivity contribution is 7.20. The predicted molar refractivity (Wildman–Crippen MR) is 231 cm³/mol. The number of allylic oxidation sites excluding steroid dienone is 2. The van der Waals surface area contributed by atoms with Gasteiger partial charge >= 0.3 is 0 Å². The summed E-state index contributed by atoms with van der Waals surface area (Å²) in [5.74, 6) is 0.818. The molecule has 0 aliphatic carbocycles. The van der Waals surface area contributed by atoms with Gasteiger partial charge in [0.2, 0.25) is 0 Å². The van der Waals surface area contributed by atoms with E-state index in [1.807, 2.05) is 17.4 Å². The van der Waals surface area contributed by atoms with Crippen LogP contribution in [0, 0.1) is 6.92 Å². The quantitative estimate of drug-likeness (QED) is 0.135. The Balaban J connectivity index is 1.38. The molecule has 54 heavy (non-hydrogen) atoms. The number of thiophene rings is 1. The molecule has 0 N–H and O–H groups in total. The highest BCUT2D eigenvalue weighted by Crippen LogP contribution is 2.49. The van der Waals surface area contributed by atoms with Crippen molar-refractivity contribution in [1.82, 2.24) is 18.9 Å². The molecule has 0 saturated heterocycles. The standard InChI is InChI=1S/C49H30N4S/c1-3-4-17-31-28(2)54-48-36(31)27-41-44-42(48)35-21-12-20-34-33-19-10-11-22-38(33)52(47(34)35)39-23-13-24-40(43(39)44)53(41)49-45(30-15-6-5-7-16-30)51-46-32-18-9-8-14-29(32)25-26-37(46)50-49/h3-27H,1H2,2H3/b17-4-. The molecule has 5 aromatic heterocycles. The Morgan fingerprint density at radius 1 is 0.611 bits per heavy atom. The highest BCUT2D eigenvalue weighted by Gasteiger charge is 2.27. The molecule has 0 spiro atoms. The van der Waals surface area contributed by atoms with Crippen molar-refractivity contribution in [3.8, 4) is 17.1 Å². The average Bonchev–Trinajstić information content (AvgIpc) is 3.81. The first-order valence-electron chi connectivity index (χ1n) is 18.3. The number of hydrogen-bond donors (Lipinski definition) is 0. The molecule has 0 fully saturated rings. The fourth-order valence-corrected chi connectivity index (χ4v) is 10.3. The third-order valence-corrected chi connectivity index (χ3v) is 12.5. The molecule has 4 nitrogen and oxygen atoms in total. The Bertz CT molecular complexity index is 3580. The number of hydrogen-bond acceptors (Lipinski definition) is 3. The van der Waals surface area contributed by atoms with E-state index in [9.17, 15) is 0 Å². The smallest absolute Gasteiger partial charge is 0.165 e. The van der Waals surface area contributed by atoms with E-state index in [1.54, 1.807) is 0 Å². The van der Waals surface area contributed by atoms with Crippen molar-refractivity contribution in [3.05, 3.63) is 163 Å². The van der Waals surface area contributed by atoms with E-state index < -0.39 is 0 Å². The van der Waals surface area contributed by atoms with Crippen LogP contribution < -0.4 is 0 Å². The molecule has 5 heteroatoms. The second-order valence-corrected chi connectivity index (χ2v) is 15.4. The van der Waals surface area contributed by atoms with Gasteiger partial charge in [0.25, 0.3) is 0 Å². The summed E-state index contributed by atoms with van der Waals surface area (Å²) in [5.41, 5.74) is 10.7. The molecule has 0 bridgehead atoms. The van der Waals surface area contributed by atoms with Crippen molar-refractivity contribution in [1.29, 1.82) is 0 Å². The van der Waals surface area contributed by atoms with Crippen LogP contribution in [0.2, 0.25) is 0 Å². The summed E-state index contributed by atoms with van der Waals surface area (Å²) in [7, 11) is 0. The molecule has 0 aliphatic rings. The van der Waals surface area contributed by atoms with Gasteiger partial charge < -0.3 is 4.40 Å². The summed E-state index contributed by atoms with van der Waals surface area (Å²) in [6, 6.07) is 48.1. The maximum atomic E-state index is 5.60. The van der Waals surface area contributed by atoms with Gasteiger partial charge in [-0.3, -0.25) is 4.57 Å². The van der Waals surface area contributed by atoms with Crippen molar-refractivity contribution < 1.29 is 0 Å². The highest BCUT2D eigenvalue weighted by atomic mass is 32.1. The number of nitrogens with zero attached hydrogens (tertiary/aromatic N) is 4. The summed E-state index contributed by atoms with van der Waals surface area (Å²) in [5, 5.41) is 11.0. The summed E-state index contributed by atoms with van der Waals surface area (Å²) < 4.78 is 6.20. The van der Waals surface area contributed by atoms with E-state index >= 15 is 0 Å². The van der Waals surface area contributed by atoms with Crippen molar-refractivity contribution >= 4 is 109 Å². The van der Waals surface area contributed by atoms with Crippen LogP contribution >= 0.6 is 11.3 Å². The minimum Gasteiger partial charge on any atom is -0.308 e. The van der Waals surface area contributed by atoms with Gasteiger partial charge in [0.1, 0.15) is 5.69 Å². The second kappa shape index (κ2) is 10.9. The molecule has 12 aromatic rings. The van der Waals surface area contributed by atoms with Crippen LogP contribution in [0.25, 0.3) is 115 Å². The largest absolute Gasteiger partial charge is 0.308 e. The first-order valence-corrected chi connectivity index (χ1v) is 19.1. The molecule has 0 amide bonds. The van der Waals surface area contributed by atoms with Gasteiger partial charge in [-0.25, -0.2) is 9.97 Å². The molecule has 0 saturated carbocycles. The maximum Gasteiger partial charge on any atom is 0.165 e. The zero-order chi connectivity index (χ0) is 35.7. The van der Waals surface area contributed by atoms with Crippen molar-refractivity contribution in [2.45, 2.75) is 6.92 Å². The number of aryl methyl sites for hydroxylation is 1. The van der Waals surface area contributed by atoms with Crippen LogP contribution in [0.5, 0.6) is 0 Å². The molecule has 0 aliphatic heterocycles. The molecule has 5 heterocycles. The monoisotopic (exact) mass is 706 g/mol. The fraction of sp³-hybridized carbons (Fsp3) is 0.0204. The van der Waals surface area contributed by atoms with Crippen molar-refractivity contribution in [2.24, 2.45) is 0 Å². The van der Waals surface area contributed by atoms with E-state index in [0.717, 1.165) is 49.9 Å². The lowest BCUT2D eigenvalue weighted by molar-refractivity contribution is 1.08. The topological polar surface area (TPSA) is 35.1 Å². The number of fused-ring (bicyclic) bond motifs is 10. The Morgan fingerprint density at radius 2 is 1.35 bits per heavy atom. The van der Waals surface area contributed by atoms with Gasteiger partial charge in [-0.2, -0.15) is 0 Å². The van der Waals surface area contributed by atoms with Crippen LogP contribution in [0.4, 0.5) is 0 Å². The Hall–Kier alpha value is -6.82. The molecule has 0 unspecified atom stereocenters. The van der Waals surface area contributed by atoms with E-state index in [4.69, 9.17) is 9.97 Å². The summed E-state index contributed by atoms with van der Waals surface area (Å²) in [6.45, 7) is 6.24. The lowest BCUT2D eigenvalue weighted by Gasteiger charge is -2.15. The molecule has 12 rings (SSSR count). The van der Waals surface area contributed by atoms with Crippen LogP contribution in [0.3, 0.4) is 0 Å². The van der Waals surface area contributed by atoms with Crippen LogP contribution in [-0.4, -0.2) is 18.9 Å². The minimum absolute atomic E-state index is 0.818. The third-order valence-electron chi connectivity index (χ3n) is 11.3. The minimum atomic E-state index is 0.818. The van der Waals surface area contributed by atoms with E-state index in [1.165, 1.54) is 69.4 Å². The molecule has 0 radical (unpaired) electrons. The third kappa shape index (κ3) is 3.81. The van der Waals surface area contributed by atoms with Crippen LogP contribution in [-0.2, 0) is 0 Å². The van der Waals surface area contributed by atoms with Crippen LogP contribution in [0.15, 0.2) is 152 Å². The van der Waals surface area contributed by atoms with Gasteiger partial charge in [0.05, 0.1) is 38.6 Å². The van der Waals surface area contributed by atoms with Crippen molar-refractivity contribution in [2.75, 3.05) is 0 Å². The van der Waals surface area contributed by atoms with Crippen LogP contribution in [0.1, 0.15) is 10.4 Å². The lowest BCUT2D eigenvalue weighted by Crippen LogP contribution is -2.04. The first-order chi connectivity index (χ1) is 26.7. The number of benzene rings is 7. The van der Waals surface area contributed by atoms with E-state index in [-0.39, 0.29) is 0 Å². The van der Waals surface area contributed by atoms with Gasteiger partial charge in [0, 0.05) is 58.2 Å². The predicted octanol–water partition coefficient (Wildman–Crippen LogP) is 13.4. The Labute approximate surface area is 313 Å². The molecular weight excluding hydrogens is 677 g/mol. The number of aromatic nitrogens is 4. The Morgan fingerprint density at radius 3 is 2.24 bits per heavy atom. The average molecular weight is 707 g/mol. The van der Waals surface area contributed by atoms with Gasteiger partial charge in [-0.05, 0) is 48.2 Å². The second-order valence-electron chi connectivity index (χ2n) is 14.2. The number of para-hydroxylation sites is 2. The summed E-state index contributed by atoms with van der Waals surface area (Å²) in [6.07, 6.45) is 6.12. The fourth-order valence-electron chi connectivity index (χ4n) is 9.12. The number of rotatable bonds is 4. The van der Waals surface area contributed by atoms with Gasteiger partial charge in [-0.1, -0.05) is 128 Å². The normalized spacial score (nSPS) is 12.5. The Kier molecular flexibility index (Phi) is 5.98. The van der Waals surface area contributed by atoms with Gasteiger partial charge in [-0.15, -0.1) is 11.3 Å². The van der Waals surface area contributed by atoms with E-state index in [2.05, 4.69) is 168 Å². The molecule has 252 valence electrons. The molecule has 7 aromatic carbocycles. The van der Waals surface area contributed by atoms with Crippen molar-refractivity contribution in [3.63, 3.8) is 0 Å². The van der Waals surface area contributed by atoms with Gasteiger partial charge in [0.15, 0.2) is 5.82 Å². The molecule has 0 atom stereocenters. The summed E-state index contributed by atoms with van der Waals surface area (Å²) >= 11 is 1.88. The zero-order valence-electron chi connectivity index (χ0n) is 29.3. The SMILES string of the molecule is C=C/C=C\c1c(C)sc2c1cc1c3c2c2cccc4c5ccccc5n(c5cccc(c35)n1-c1nc3ccc5ccccc5c3nc1-c1ccccc1)c42. The van der Waals surface area contributed by atoms with E-state index in [0.29, 0.717) is 0 Å². The maximum absolute atomic E-state index is 5.60. The summed E-state index contributed by atoms with van der Waals surface area (Å²) in [4.78, 5) is 12.4. The first kappa shape index (κ1) is 29.7. The lowest BCUT2D eigenvalue weighted by atomic mass is 10.00. The molecular formula is C49H30N4S. The zero-order valence-corrected chi connectivity index (χ0v) is 30.2.